The highest BCUT2D eigenvalue weighted by Crippen LogP contribution is 2.30. The topological polar surface area (TPSA) is 15.3 Å². The average Bonchev–Trinajstić information content (AvgIpc) is 2.48. The van der Waals surface area contributed by atoms with Crippen LogP contribution in [0.5, 0.6) is 0 Å². The van der Waals surface area contributed by atoms with Crippen molar-refractivity contribution in [2.24, 2.45) is 0 Å². The van der Waals surface area contributed by atoms with Crippen LogP contribution < -0.4 is 10.2 Å². The summed E-state index contributed by atoms with van der Waals surface area (Å²) in [6, 6.07) is 6.28. The Hall–Kier alpha value is -1.09. The minimum atomic E-state index is -0.140. The van der Waals surface area contributed by atoms with Crippen LogP contribution in [-0.4, -0.2) is 18.6 Å². The highest BCUT2D eigenvalue weighted by molar-refractivity contribution is 5.54. The molecule has 1 N–H and O–H groups in total. The molecule has 0 spiro atoms. The van der Waals surface area contributed by atoms with Crippen molar-refractivity contribution in [3.8, 4) is 0 Å². The zero-order chi connectivity index (χ0) is 15.2. The van der Waals surface area contributed by atoms with E-state index < -0.39 is 0 Å². The molecule has 0 amide bonds. The van der Waals surface area contributed by atoms with Crippen LogP contribution >= 0.6 is 0 Å². The molecule has 0 radical (unpaired) electrons. The lowest BCUT2D eigenvalue weighted by molar-refractivity contribution is 0.417. The fraction of sp³-hybridized carbons (Fsp3) is 0.667. The molecule has 0 atom stereocenters. The predicted molar refractivity (Wildman–Crippen MR) is 88.3 cm³/mol. The first-order valence-corrected chi connectivity index (χ1v) is 8.40. The van der Waals surface area contributed by atoms with Gasteiger partial charge in [-0.05, 0) is 43.5 Å². The first-order chi connectivity index (χ1) is 10.1. The predicted octanol–water partition coefficient (Wildman–Crippen LogP) is 4.48. The molecule has 1 saturated carbocycles. The lowest BCUT2D eigenvalue weighted by Crippen LogP contribution is -2.37. The Bertz CT molecular complexity index is 439. The Labute approximate surface area is 128 Å². The molecule has 1 aliphatic carbocycles. The number of nitrogens with zero attached hydrogens (tertiary/aromatic N) is 1. The van der Waals surface area contributed by atoms with Crippen molar-refractivity contribution in [1.29, 1.82) is 0 Å². The second-order valence-electron chi connectivity index (χ2n) is 6.39. The molecule has 0 heterocycles. The minimum absolute atomic E-state index is 0.140. The van der Waals surface area contributed by atoms with Crippen molar-refractivity contribution in [2.75, 3.05) is 11.4 Å². The van der Waals surface area contributed by atoms with Crippen molar-refractivity contribution < 1.29 is 4.39 Å². The molecule has 0 bridgehead atoms. The summed E-state index contributed by atoms with van der Waals surface area (Å²) < 4.78 is 13.6. The van der Waals surface area contributed by atoms with Crippen molar-refractivity contribution in [1.82, 2.24) is 5.32 Å². The molecular formula is C18H29FN2. The molecule has 0 unspecified atom stereocenters. The van der Waals surface area contributed by atoms with E-state index >= 15 is 0 Å². The van der Waals surface area contributed by atoms with E-state index in [1.165, 1.54) is 37.8 Å². The SMILES string of the molecule is CCN(c1ccc(F)cc1CNC(C)C)C1CCCCC1. The van der Waals surface area contributed by atoms with Gasteiger partial charge in [0.05, 0.1) is 0 Å². The maximum absolute atomic E-state index is 13.6. The van der Waals surface area contributed by atoms with Crippen LogP contribution in [0.25, 0.3) is 0 Å². The number of nitrogens with one attached hydrogen (secondary N) is 1. The standard InChI is InChI=1S/C18H29FN2/c1-4-21(17-8-6-5-7-9-17)18-11-10-16(19)12-15(18)13-20-14(2)3/h10-12,14,17,20H,4-9,13H2,1-3H3. The highest BCUT2D eigenvalue weighted by Gasteiger charge is 2.22. The smallest absolute Gasteiger partial charge is 0.123 e. The summed E-state index contributed by atoms with van der Waals surface area (Å²) in [6.07, 6.45) is 6.54. The molecule has 21 heavy (non-hydrogen) atoms. The second kappa shape index (κ2) is 7.79. The number of anilines is 1. The highest BCUT2D eigenvalue weighted by atomic mass is 19.1. The molecule has 1 aromatic rings. The zero-order valence-electron chi connectivity index (χ0n) is 13.7. The van der Waals surface area contributed by atoms with E-state index in [2.05, 4.69) is 31.0 Å². The third-order valence-electron chi connectivity index (χ3n) is 4.41. The van der Waals surface area contributed by atoms with Crippen molar-refractivity contribution in [3.05, 3.63) is 29.6 Å². The van der Waals surface area contributed by atoms with Gasteiger partial charge < -0.3 is 10.2 Å². The second-order valence-corrected chi connectivity index (χ2v) is 6.39. The van der Waals surface area contributed by atoms with Crippen molar-refractivity contribution in [2.45, 2.75) is 71.5 Å². The van der Waals surface area contributed by atoms with E-state index in [1.54, 1.807) is 12.1 Å². The summed E-state index contributed by atoms with van der Waals surface area (Å²) in [6.45, 7) is 8.17. The number of halogens is 1. The summed E-state index contributed by atoms with van der Waals surface area (Å²) in [5.41, 5.74) is 2.29. The summed E-state index contributed by atoms with van der Waals surface area (Å²) >= 11 is 0. The van der Waals surface area contributed by atoms with Gasteiger partial charge in [-0.2, -0.15) is 0 Å². The van der Waals surface area contributed by atoms with Gasteiger partial charge in [-0.15, -0.1) is 0 Å². The minimum Gasteiger partial charge on any atom is -0.369 e. The molecule has 1 fully saturated rings. The summed E-state index contributed by atoms with van der Waals surface area (Å²) in [5, 5.41) is 3.42. The Morgan fingerprint density at radius 3 is 2.57 bits per heavy atom. The maximum atomic E-state index is 13.6. The van der Waals surface area contributed by atoms with Gasteiger partial charge in [0, 0.05) is 30.9 Å². The van der Waals surface area contributed by atoms with E-state index in [-0.39, 0.29) is 5.82 Å². The van der Waals surface area contributed by atoms with E-state index in [4.69, 9.17) is 0 Å². The molecular weight excluding hydrogens is 263 g/mol. The molecule has 3 heteroatoms. The number of rotatable bonds is 6. The molecule has 2 nitrogen and oxygen atoms in total. The van der Waals surface area contributed by atoms with Gasteiger partial charge in [0.2, 0.25) is 0 Å². The molecule has 0 aliphatic heterocycles. The van der Waals surface area contributed by atoms with Gasteiger partial charge in [0.1, 0.15) is 5.82 Å². The lowest BCUT2D eigenvalue weighted by atomic mass is 9.93. The van der Waals surface area contributed by atoms with Gasteiger partial charge in [-0.3, -0.25) is 0 Å². The van der Waals surface area contributed by atoms with E-state index in [9.17, 15) is 4.39 Å². The zero-order valence-corrected chi connectivity index (χ0v) is 13.7. The number of hydrogen-bond donors (Lipinski definition) is 1. The Balaban J connectivity index is 2.22. The van der Waals surface area contributed by atoms with Crippen LogP contribution in [0.2, 0.25) is 0 Å². The monoisotopic (exact) mass is 292 g/mol. The van der Waals surface area contributed by atoms with Crippen LogP contribution in [0.1, 0.15) is 58.4 Å². The fourth-order valence-electron chi connectivity index (χ4n) is 3.31. The van der Waals surface area contributed by atoms with E-state index in [0.717, 1.165) is 18.7 Å². The number of hydrogen-bond acceptors (Lipinski definition) is 2. The summed E-state index contributed by atoms with van der Waals surface area (Å²) in [5.74, 6) is -0.140. The first-order valence-electron chi connectivity index (χ1n) is 8.40. The Kier molecular flexibility index (Phi) is 6.04. The van der Waals surface area contributed by atoms with Gasteiger partial charge in [-0.25, -0.2) is 4.39 Å². The Morgan fingerprint density at radius 1 is 1.24 bits per heavy atom. The fourth-order valence-corrected chi connectivity index (χ4v) is 3.31. The number of benzene rings is 1. The molecule has 1 aliphatic rings. The van der Waals surface area contributed by atoms with Crippen LogP contribution in [0.3, 0.4) is 0 Å². The van der Waals surface area contributed by atoms with Crippen LogP contribution in [0, 0.1) is 5.82 Å². The molecule has 2 rings (SSSR count). The van der Waals surface area contributed by atoms with Crippen LogP contribution in [0.4, 0.5) is 10.1 Å². The van der Waals surface area contributed by atoms with Crippen LogP contribution in [0.15, 0.2) is 18.2 Å². The van der Waals surface area contributed by atoms with Gasteiger partial charge in [0.15, 0.2) is 0 Å². The summed E-state index contributed by atoms with van der Waals surface area (Å²) in [4.78, 5) is 2.48. The molecule has 118 valence electrons. The van der Waals surface area contributed by atoms with Gasteiger partial charge >= 0.3 is 0 Å². The maximum Gasteiger partial charge on any atom is 0.123 e. The van der Waals surface area contributed by atoms with E-state index in [0.29, 0.717) is 12.1 Å². The van der Waals surface area contributed by atoms with Gasteiger partial charge in [0.25, 0.3) is 0 Å². The summed E-state index contributed by atoms with van der Waals surface area (Å²) in [7, 11) is 0. The quantitative estimate of drug-likeness (QED) is 0.831. The average molecular weight is 292 g/mol. The van der Waals surface area contributed by atoms with Crippen LogP contribution in [-0.2, 0) is 6.54 Å². The van der Waals surface area contributed by atoms with Crippen molar-refractivity contribution in [3.63, 3.8) is 0 Å². The first kappa shape index (κ1) is 16.3. The molecule has 1 aromatic carbocycles. The Morgan fingerprint density at radius 2 is 1.95 bits per heavy atom. The third-order valence-corrected chi connectivity index (χ3v) is 4.41. The third kappa shape index (κ3) is 4.44. The lowest BCUT2D eigenvalue weighted by Gasteiger charge is -2.36. The normalized spacial score (nSPS) is 16.4. The molecule has 0 aromatic heterocycles. The van der Waals surface area contributed by atoms with E-state index in [1.807, 2.05) is 6.07 Å². The largest absolute Gasteiger partial charge is 0.369 e. The van der Waals surface area contributed by atoms with Gasteiger partial charge in [-0.1, -0.05) is 33.1 Å². The van der Waals surface area contributed by atoms with Crippen molar-refractivity contribution >= 4 is 5.69 Å². The molecule has 0 saturated heterocycles.